The first-order valence-corrected chi connectivity index (χ1v) is 7.99. The molecule has 2 aromatic heterocycles. The molecule has 7 heteroatoms. The van der Waals surface area contributed by atoms with Gasteiger partial charge in [-0.1, -0.05) is 6.92 Å². The van der Waals surface area contributed by atoms with Crippen molar-refractivity contribution in [2.24, 2.45) is 0 Å². The van der Waals surface area contributed by atoms with Gasteiger partial charge in [-0.15, -0.1) is 15.3 Å². The van der Waals surface area contributed by atoms with Gasteiger partial charge >= 0.3 is 0 Å². The van der Waals surface area contributed by atoms with Gasteiger partial charge in [0.25, 0.3) is 0 Å². The minimum Gasteiger partial charge on any atom is -0.355 e. The lowest BCUT2D eigenvalue weighted by Gasteiger charge is -2.25. The third-order valence-electron chi connectivity index (χ3n) is 3.13. The quantitative estimate of drug-likeness (QED) is 0.814. The van der Waals surface area contributed by atoms with Crippen molar-refractivity contribution < 1.29 is 4.21 Å². The van der Waals surface area contributed by atoms with Crippen molar-refractivity contribution in [2.45, 2.75) is 26.3 Å². The highest BCUT2D eigenvalue weighted by Crippen LogP contribution is 2.14. The second-order valence-corrected chi connectivity index (χ2v) is 6.11. The molecule has 0 spiro atoms. The maximum absolute atomic E-state index is 11.3. The predicted molar refractivity (Wildman–Crippen MR) is 77.0 cm³/mol. The van der Waals surface area contributed by atoms with Gasteiger partial charge in [0.2, 0.25) is 0 Å². The molecule has 0 N–H and O–H groups in total. The molecule has 0 aromatic carbocycles. The molecule has 2 rings (SSSR count). The van der Waals surface area contributed by atoms with E-state index in [9.17, 15) is 4.21 Å². The second kappa shape index (κ2) is 5.64. The van der Waals surface area contributed by atoms with Crippen LogP contribution in [0.1, 0.15) is 19.7 Å². The largest absolute Gasteiger partial charge is 0.355 e. The Morgan fingerprint density at radius 2 is 2.16 bits per heavy atom. The average molecular weight is 281 g/mol. The summed E-state index contributed by atoms with van der Waals surface area (Å²) in [6, 6.07) is 3.98. The molecule has 0 radical (unpaired) electrons. The van der Waals surface area contributed by atoms with Crippen molar-refractivity contribution in [1.29, 1.82) is 0 Å². The molecule has 2 aromatic rings. The SMILES string of the molecule is CCc1nnc2ccc(N(C)C(C)CS(C)=O)nn12. The summed E-state index contributed by atoms with van der Waals surface area (Å²) in [5.74, 6) is 2.30. The first-order chi connectivity index (χ1) is 9.02. The van der Waals surface area contributed by atoms with Crippen molar-refractivity contribution in [3.8, 4) is 0 Å². The van der Waals surface area contributed by atoms with Crippen molar-refractivity contribution in [3.63, 3.8) is 0 Å². The van der Waals surface area contributed by atoms with Gasteiger partial charge in [-0.25, -0.2) is 0 Å². The van der Waals surface area contributed by atoms with Crippen LogP contribution in [0.4, 0.5) is 5.82 Å². The number of aryl methyl sites for hydroxylation is 1. The molecule has 6 nitrogen and oxygen atoms in total. The molecule has 0 saturated carbocycles. The molecule has 19 heavy (non-hydrogen) atoms. The van der Waals surface area contributed by atoms with Crippen LogP contribution in [0.2, 0.25) is 0 Å². The number of anilines is 1. The van der Waals surface area contributed by atoms with E-state index < -0.39 is 10.8 Å². The zero-order valence-electron chi connectivity index (χ0n) is 11.7. The van der Waals surface area contributed by atoms with Gasteiger partial charge in [0.05, 0.1) is 0 Å². The van der Waals surface area contributed by atoms with E-state index in [4.69, 9.17) is 0 Å². The van der Waals surface area contributed by atoms with Crippen molar-refractivity contribution >= 4 is 22.3 Å². The van der Waals surface area contributed by atoms with Crippen LogP contribution < -0.4 is 4.90 Å². The fourth-order valence-electron chi connectivity index (χ4n) is 1.91. The van der Waals surface area contributed by atoms with Crippen LogP contribution in [0.5, 0.6) is 0 Å². The molecule has 0 amide bonds. The summed E-state index contributed by atoms with van der Waals surface area (Å²) < 4.78 is 13.1. The normalized spacial score (nSPS) is 14.5. The highest BCUT2D eigenvalue weighted by atomic mass is 32.2. The average Bonchev–Trinajstić information content (AvgIpc) is 2.78. The number of nitrogens with zero attached hydrogens (tertiary/aromatic N) is 5. The molecule has 0 saturated heterocycles. The summed E-state index contributed by atoms with van der Waals surface area (Å²) >= 11 is 0. The van der Waals surface area contributed by atoms with E-state index in [2.05, 4.69) is 15.3 Å². The molecule has 2 unspecified atom stereocenters. The number of fused-ring (bicyclic) bond motifs is 1. The minimum absolute atomic E-state index is 0.164. The van der Waals surface area contributed by atoms with Crippen molar-refractivity contribution in [1.82, 2.24) is 19.8 Å². The lowest BCUT2D eigenvalue weighted by molar-refractivity contribution is 0.671. The summed E-state index contributed by atoms with van der Waals surface area (Å²) in [5, 5.41) is 12.7. The van der Waals surface area contributed by atoms with Crippen LogP contribution in [0.25, 0.3) is 5.65 Å². The standard InChI is InChI=1S/C12H19N5OS/c1-5-10-13-14-11-6-7-12(15-17(10)11)16(3)9(2)8-19(4)18/h6-7,9H,5,8H2,1-4H3. The van der Waals surface area contributed by atoms with Gasteiger partial charge in [0.15, 0.2) is 11.5 Å². The summed E-state index contributed by atoms with van der Waals surface area (Å²) in [5.41, 5.74) is 0.751. The van der Waals surface area contributed by atoms with Crippen LogP contribution in [0.3, 0.4) is 0 Å². The first-order valence-electron chi connectivity index (χ1n) is 6.27. The van der Waals surface area contributed by atoms with Gasteiger partial charge in [-0.2, -0.15) is 4.52 Å². The number of hydrogen-bond acceptors (Lipinski definition) is 5. The zero-order valence-corrected chi connectivity index (χ0v) is 12.5. The van der Waals surface area contributed by atoms with E-state index in [1.165, 1.54) is 0 Å². The van der Waals surface area contributed by atoms with Crippen LogP contribution in [-0.4, -0.2) is 49.1 Å². The predicted octanol–water partition coefficient (Wildman–Crippen LogP) is 0.890. The Kier molecular flexibility index (Phi) is 4.14. The molecule has 0 aliphatic rings. The van der Waals surface area contributed by atoms with E-state index in [1.807, 2.05) is 37.9 Å². The van der Waals surface area contributed by atoms with Gasteiger partial charge in [0.1, 0.15) is 5.82 Å². The molecule has 2 heterocycles. The molecule has 2 atom stereocenters. The third-order valence-corrected chi connectivity index (χ3v) is 4.08. The molecule has 104 valence electrons. The smallest absolute Gasteiger partial charge is 0.178 e. The zero-order chi connectivity index (χ0) is 14.0. The van der Waals surface area contributed by atoms with Gasteiger partial charge in [0, 0.05) is 42.3 Å². The molecule has 0 bridgehead atoms. The van der Waals surface area contributed by atoms with Gasteiger partial charge in [-0.05, 0) is 19.1 Å². The summed E-state index contributed by atoms with van der Waals surface area (Å²) in [4.78, 5) is 2.03. The Morgan fingerprint density at radius 3 is 2.79 bits per heavy atom. The third kappa shape index (κ3) is 2.91. The van der Waals surface area contributed by atoms with Crippen molar-refractivity contribution in [3.05, 3.63) is 18.0 Å². The number of hydrogen-bond donors (Lipinski definition) is 0. The minimum atomic E-state index is -0.816. The van der Waals surface area contributed by atoms with Crippen LogP contribution >= 0.6 is 0 Å². The van der Waals surface area contributed by atoms with Crippen LogP contribution in [0.15, 0.2) is 12.1 Å². The Labute approximate surface area is 115 Å². The second-order valence-electron chi connectivity index (χ2n) is 4.63. The Morgan fingerprint density at radius 1 is 1.42 bits per heavy atom. The first kappa shape index (κ1) is 13.9. The van der Waals surface area contributed by atoms with Crippen LogP contribution in [0, 0.1) is 0 Å². The highest BCUT2D eigenvalue weighted by Gasteiger charge is 2.14. The van der Waals surface area contributed by atoms with E-state index in [0.717, 1.165) is 23.7 Å². The van der Waals surface area contributed by atoms with E-state index in [-0.39, 0.29) is 6.04 Å². The Hall–Kier alpha value is -1.50. The highest BCUT2D eigenvalue weighted by molar-refractivity contribution is 7.84. The monoisotopic (exact) mass is 281 g/mol. The molecular formula is C12H19N5OS. The molecule has 0 fully saturated rings. The number of aromatic nitrogens is 4. The fraction of sp³-hybridized carbons (Fsp3) is 0.583. The summed E-state index contributed by atoms with van der Waals surface area (Å²) in [7, 11) is 1.14. The van der Waals surface area contributed by atoms with Gasteiger partial charge < -0.3 is 4.90 Å². The Bertz CT molecular complexity index is 597. The van der Waals surface area contributed by atoms with Crippen molar-refractivity contribution in [2.75, 3.05) is 24.0 Å². The lowest BCUT2D eigenvalue weighted by atomic mass is 10.3. The van der Waals surface area contributed by atoms with E-state index in [1.54, 1.807) is 10.8 Å². The summed E-state index contributed by atoms with van der Waals surface area (Å²) in [6.07, 6.45) is 2.51. The van der Waals surface area contributed by atoms with E-state index >= 15 is 0 Å². The molecular weight excluding hydrogens is 262 g/mol. The maximum Gasteiger partial charge on any atom is 0.178 e. The lowest BCUT2D eigenvalue weighted by Crippen LogP contribution is -2.34. The number of rotatable bonds is 5. The molecule has 0 aliphatic carbocycles. The van der Waals surface area contributed by atoms with Gasteiger partial charge in [-0.3, -0.25) is 4.21 Å². The van der Waals surface area contributed by atoms with Crippen LogP contribution in [-0.2, 0) is 17.2 Å². The molecule has 0 aliphatic heterocycles. The topological polar surface area (TPSA) is 63.4 Å². The fourth-order valence-corrected chi connectivity index (χ4v) is 2.81. The Balaban J connectivity index is 2.31. The summed E-state index contributed by atoms with van der Waals surface area (Å²) in [6.45, 7) is 4.07. The van der Waals surface area contributed by atoms with E-state index in [0.29, 0.717) is 5.75 Å². The maximum atomic E-state index is 11.3.